The molecule has 0 aliphatic rings. The third kappa shape index (κ3) is 3.65. The first-order chi connectivity index (χ1) is 24.3. The van der Waals surface area contributed by atoms with Crippen LogP contribution in [0.15, 0.2) is 146 Å². The van der Waals surface area contributed by atoms with E-state index < -0.39 is 0 Å². The van der Waals surface area contributed by atoms with Gasteiger partial charge in [-0.05, 0) is 30.3 Å². The maximum atomic E-state index is 5.42. The van der Waals surface area contributed by atoms with Gasteiger partial charge in [0.2, 0.25) is 5.95 Å². The van der Waals surface area contributed by atoms with Crippen LogP contribution >= 0.6 is 11.3 Å². The van der Waals surface area contributed by atoms with Crippen LogP contribution in [0.4, 0.5) is 0 Å². The van der Waals surface area contributed by atoms with Crippen molar-refractivity contribution >= 4 is 86.2 Å². The quantitative estimate of drug-likeness (QED) is 0.192. The van der Waals surface area contributed by atoms with E-state index in [0.717, 1.165) is 81.7 Å². The molecular formula is C42H24N6S. The molecule has 6 nitrogen and oxygen atoms in total. The van der Waals surface area contributed by atoms with Gasteiger partial charge in [0.1, 0.15) is 6.33 Å². The maximum Gasteiger partial charge on any atom is 0.235 e. The van der Waals surface area contributed by atoms with Crippen molar-refractivity contribution in [3.05, 3.63) is 146 Å². The SMILES string of the molecule is c1ccc(-c2nc(-n3c4ccccc4c4c5c6ncncc6sc5c5c(c6ccccc6n5-c5ccccc5)c43)nc3ccccc23)cc1. The number of hydrogen-bond acceptors (Lipinski definition) is 5. The number of benzene rings is 6. The Morgan fingerprint density at radius 1 is 0.531 bits per heavy atom. The van der Waals surface area contributed by atoms with E-state index in [0.29, 0.717) is 5.95 Å². The summed E-state index contributed by atoms with van der Waals surface area (Å²) >= 11 is 1.76. The van der Waals surface area contributed by atoms with E-state index in [-0.39, 0.29) is 0 Å². The van der Waals surface area contributed by atoms with Gasteiger partial charge in [0.05, 0.1) is 48.2 Å². The number of thiophene rings is 1. The molecule has 0 N–H and O–H groups in total. The van der Waals surface area contributed by atoms with E-state index in [1.165, 1.54) is 10.1 Å². The molecule has 49 heavy (non-hydrogen) atoms. The van der Waals surface area contributed by atoms with Crippen molar-refractivity contribution in [1.82, 2.24) is 29.1 Å². The highest BCUT2D eigenvalue weighted by Gasteiger charge is 2.28. The summed E-state index contributed by atoms with van der Waals surface area (Å²) in [7, 11) is 0. The minimum Gasteiger partial charge on any atom is -0.308 e. The third-order valence-corrected chi connectivity index (χ3v) is 10.8. The zero-order valence-electron chi connectivity index (χ0n) is 25.9. The Labute approximate surface area is 283 Å². The van der Waals surface area contributed by atoms with E-state index in [4.69, 9.17) is 15.0 Å². The molecule has 228 valence electrons. The molecule has 0 aliphatic carbocycles. The highest BCUT2D eigenvalue weighted by Crippen LogP contribution is 2.50. The topological polar surface area (TPSA) is 61.4 Å². The van der Waals surface area contributed by atoms with Gasteiger partial charge >= 0.3 is 0 Å². The Bertz CT molecular complexity index is 3100. The van der Waals surface area contributed by atoms with Gasteiger partial charge in [-0.15, -0.1) is 11.3 Å². The lowest BCUT2D eigenvalue weighted by atomic mass is 10.0. The van der Waals surface area contributed by atoms with Crippen molar-refractivity contribution in [2.24, 2.45) is 0 Å². The third-order valence-electron chi connectivity index (χ3n) is 9.66. The molecule has 0 radical (unpaired) electrons. The van der Waals surface area contributed by atoms with Crippen LogP contribution in [0.5, 0.6) is 0 Å². The second-order valence-corrected chi connectivity index (χ2v) is 13.3. The molecule has 0 unspecified atom stereocenters. The van der Waals surface area contributed by atoms with E-state index in [1.54, 1.807) is 17.7 Å². The fraction of sp³-hybridized carbons (Fsp3) is 0. The molecule has 5 heterocycles. The minimum absolute atomic E-state index is 0.634. The van der Waals surface area contributed by atoms with Crippen molar-refractivity contribution in [2.75, 3.05) is 0 Å². The molecule has 7 heteroatoms. The fourth-order valence-corrected chi connectivity index (χ4v) is 8.88. The summed E-state index contributed by atoms with van der Waals surface area (Å²) < 4.78 is 6.94. The van der Waals surface area contributed by atoms with Crippen LogP contribution in [0.1, 0.15) is 0 Å². The Kier molecular flexibility index (Phi) is 5.45. The molecule has 0 aliphatic heterocycles. The molecule has 5 aromatic heterocycles. The Hall–Kier alpha value is -6.44. The predicted octanol–water partition coefficient (Wildman–Crippen LogP) is 10.6. The van der Waals surface area contributed by atoms with E-state index in [9.17, 15) is 0 Å². The van der Waals surface area contributed by atoms with Crippen LogP contribution in [0.25, 0.3) is 97.7 Å². The van der Waals surface area contributed by atoms with Gasteiger partial charge in [-0.1, -0.05) is 103 Å². The van der Waals surface area contributed by atoms with Crippen LogP contribution in [-0.2, 0) is 0 Å². The second-order valence-electron chi connectivity index (χ2n) is 12.3. The summed E-state index contributed by atoms with van der Waals surface area (Å²) in [5, 5.41) is 6.77. The number of aromatic nitrogens is 6. The number of hydrogen-bond donors (Lipinski definition) is 0. The molecule has 11 aromatic rings. The van der Waals surface area contributed by atoms with E-state index in [1.807, 2.05) is 18.3 Å². The Balaban J connectivity index is 1.44. The summed E-state index contributed by atoms with van der Waals surface area (Å²) in [6.45, 7) is 0. The molecule has 0 saturated carbocycles. The van der Waals surface area contributed by atoms with Crippen LogP contribution in [-0.4, -0.2) is 29.1 Å². The lowest BCUT2D eigenvalue weighted by Crippen LogP contribution is -2.03. The molecule has 0 amide bonds. The van der Waals surface area contributed by atoms with Gasteiger partial charge in [0, 0.05) is 49.8 Å². The zero-order chi connectivity index (χ0) is 32.1. The van der Waals surface area contributed by atoms with Gasteiger partial charge in [-0.3, -0.25) is 4.57 Å². The molecule has 11 rings (SSSR count). The Morgan fingerprint density at radius 3 is 1.98 bits per heavy atom. The first-order valence-corrected chi connectivity index (χ1v) is 17.1. The Morgan fingerprint density at radius 2 is 1.18 bits per heavy atom. The number of nitrogens with zero attached hydrogens (tertiary/aromatic N) is 6. The van der Waals surface area contributed by atoms with Gasteiger partial charge in [0.25, 0.3) is 0 Å². The molecule has 0 spiro atoms. The molecular weight excluding hydrogens is 621 g/mol. The van der Waals surface area contributed by atoms with Gasteiger partial charge in [-0.2, -0.15) is 0 Å². The van der Waals surface area contributed by atoms with Crippen LogP contribution in [0.3, 0.4) is 0 Å². The monoisotopic (exact) mass is 644 g/mol. The molecule has 6 aromatic carbocycles. The highest BCUT2D eigenvalue weighted by atomic mass is 32.1. The smallest absolute Gasteiger partial charge is 0.235 e. The van der Waals surface area contributed by atoms with Gasteiger partial charge in [-0.25, -0.2) is 19.9 Å². The summed E-state index contributed by atoms with van der Waals surface area (Å²) in [5.41, 5.74) is 9.32. The van der Waals surface area contributed by atoms with Crippen molar-refractivity contribution in [3.63, 3.8) is 0 Å². The summed E-state index contributed by atoms with van der Waals surface area (Å²) in [6.07, 6.45) is 3.60. The summed E-state index contributed by atoms with van der Waals surface area (Å²) in [4.78, 5) is 20.1. The standard InChI is InChI=1S/C42H24N6S/c1-3-13-25(14-4-1)37-27-17-7-10-20-30(27)45-42(46-37)48-32-22-12-8-18-28(32)34-36-38-33(23-43-24-44-38)49-41(36)40-35(39(34)48)29-19-9-11-21-31(29)47(40)26-15-5-2-6-16-26/h1-24H. The lowest BCUT2D eigenvalue weighted by molar-refractivity contribution is 1.02. The number of rotatable bonds is 3. The van der Waals surface area contributed by atoms with E-state index >= 15 is 0 Å². The predicted molar refractivity (Wildman–Crippen MR) is 202 cm³/mol. The molecule has 0 saturated heterocycles. The lowest BCUT2D eigenvalue weighted by Gasteiger charge is -2.13. The van der Waals surface area contributed by atoms with Crippen LogP contribution in [0, 0.1) is 0 Å². The normalized spacial score (nSPS) is 12.1. The van der Waals surface area contributed by atoms with Crippen molar-refractivity contribution < 1.29 is 0 Å². The number of fused-ring (bicyclic) bond motifs is 13. The highest BCUT2D eigenvalue weighted by molar-refractivity contribution is 7.26. The molecule has 0 bridgehead atoms. The van der Waals surface area contributed by atoms with Crippen molar-refractivity contribution in [2.45, 2.75) is 0 Å². The average Bonchev–Trinajstić information content (AvgIpc) is 3.83. The van der Waals surface area contributed by atoms with Crippen molar-refractivity contribution in [1.29, 1.82) is 0 Å². The van der Waals surface area contributed by atoms with Gasteiger partial charge < -0.3 is 4.57 Å². The fourth-order valence-electron chi connectivity index (χ4n) is 7.70. The van der Waals surface area contributed by atoms with Crippen LogP contribution < -0.4 is 0 Å². The van der Waals surface area contributed by atoms with Crippen LogP contribution in [0.2, 0.25) is 0 Å². The van der Waals surface area contributed by atoms with Gasteiger partial charge in [0.15, 0.2) is 0 Å². The minimum atomic E-state index is 0.634. The van der Waals surface area contributed by atoms with Crippen molar-refractivity contribution in [3.8, 4) is 22.9 Å². The molecule has 0 atom stereocenters. The largest absolute Gasteiger partial charge is 0.308 e. The number of para-hydroxylation sites is 4. The maximum absolute atomic E-state index is 5.42. The average molecular weight is 645 g/mol. The summed E-state index contributed by atoms with van der Waals surface area (Å²) in [5.74, 6) is 0.634. The second kappa shape index (κ2) is 10.0. The molecule has 0 fully saturated rings. The first kappa shape index (κ1) is 26.6. The zero-order valence-corrected chi connectivity index (χ0v) is 26.8. The van der Waals surface area contributed by atoms with E-state index in [2.05, 4.69) is 135 Å². The first-order valence-electron chi connectivity index (χ1n) is 16.2. The summed E-state index contributed by atoms with van der Waals surface area (Å²) in [6, 6.07) is 46.7.